The van der Waals surface area contributed by atoms with Gasteiger partial charge in [-0.05, 0) is 118 Å². The minimum Gasteiger partial charge on any atom is -0.495 e. The Balaban J connectivity index is 0.666. The van der Waals surface area contributed by atoms with Gasteiger partial charge in [-0.2, -0.15) is 5.10 Å². The summed E-state index contributed by atoms with van der Waals surface area (Å²) >= 11 is 0. The van der Waals surface area contributed by atoms with Crippen molar-refractivity contribution >= 4 is 46.9 Å². The summed E-state index contributed by atoms with van der Waals surface area (Å²) in [6.07, 6.45) is 12.8. The highest BCUT2D eigenvalue weighted by molar-refractivity contribution is 6.07. The lowest BCUT2D eigenvalue weighted by Crippen LogP contribution is -2.56. The van der Waals surface area contributed by atoms with Crippen molar-refractivity contribution in [3.05, 3.63) is 114 Å². The van der Waals surface area contributed by atoms with Crippen LogP contribution in [0.1, 0.15) is 96.3 Å². The minimum atomic E-state index is -1.35. The molecule has 10 rings (SSSR count). The number of aromatic nitrogens is 4. The molecule has 6 heterocycles. The number of likely N-dealkylation sites (tertiary alicyclic amines) is 3. The van der Waals surface area contributed by atoms with Gasteiger partial charge in [-0.1, -0.05) is 30.3 Å². The second kappa shape index (κ2) is 20.8. The number of anilines is 3. The largest absolute Gasteiger partial charge is 0.495 e. The van der Waals surface area contributed by atoms with Crippen LogP contribution >= 0.6 is 0 Å². The van der Waals surface area contributed by atoms with E-state index < -0.39 is 29.8 Å². The zero-order valence-corrected chi connectivity index (χ0v) is 40.4. The number of nitrogens with two attached hydrogens (primary N) is 1. The lowest BCUT2D eigenvalue weighted by Gasteiger charge is -2.56. The van der Waals surface area contributed by atoms with Crippen LogP contribution in [0.4, 0.5) is 26.4 Å². The molecule has 0 unspecified atom stereocenters. The van der Waals surface area contributed by atoms with Gasteiger partial charge in [0.2, 0.25) is 12.0 Å². The van der Waals surface area contributed by atoms with Crippen LogP contribution < -0.4 is 26.0 Å². The number of nitrogen functional groups attached to an aromatic ring is 1. The highest BCUT2D eigenvalue weighted by Crippen LogP contribution is 2.51. The molecule has 72 heavy (non-hydrogen) atoms. The molecule has 4 N–H and O–H groups in total. The molecule has 4 saturated heterocycles. The molecule has 5 aliphatic rings. The number of carbonyl (C=O) groups excluding carboxylic acids is 5. The van der Waals surface area contributed by atoms with E-state index in [-0.39, 0.29) is 42.3 Å². The SMILES string of the molecule is COc1ccc(C(=O)N2CCC(CN3CCC4(CC3)CC(N3CCC(n5cc(-c6cnc(N)c(C(=O)O[C@@H](C(=O)Nc7ccc(F)cc7)c7ccccc7)n6)cn5)CC3)C4)CC2)cc1N1CCC(=O)NC1=O. The van der Waals surface area contributed by atoms with E-state index in [2.05, 4.69) is 30.4 Å². The number of piperidine rings is 3. The lowest BCUT2D eigenvalue weighted by molar-refractivity contribution is -0.125. The Morgan fingerprint density at radius 2 is 1.62 bits per heavy atom. The molecule has 3 aromatic carbocycles. The quantitative estimate of drug-likeness (QED) is 0.108. The van der Waals surface area contributed by atoms with E-state index in [1.807, 2.05) is 15.8 Å². The number of carbonyl (C=O) groups is 5. The topological polar surface area (TPSA) is 210 Å². The van der Waals surface area contributed by atoms with Gasteiger partial charge in [0.05, 0.1) is 36.9 Å². The summed E-state index contributed by atoms with van der Waals surface area (Å²) in [5.74, 6) is -1.51. The number of ether oxygens (including phenoxy) is 2. The molecule has 4 aliphatic heterocycles. The normalized spacial score (nSPS) is 19.6. The second-order valence-corrected chi connectivity index (χ2v) is 19.9. The van der Waals surface area contributed by atoms with Crippen LogP contribution in [0.25, 0.3) is 11.3 Å². The maximum absolute atomic E-state index is 13.6. The molecule has 0 radical (unpaired) electrons. The molecule has 1 aliphatic carbocycles. The minimum absolute atomic E-state index is 0.0576. The molecule has 5 amide bonds. The smallest absolute Gasteiger partial charge is 0.361 e. The summed E-state index contributed by atoms with van der Waals surface area (Å²) < 4.78 is 26.7. The molecule has 18 nitrogen and oxygen atoms in total. The van der Waals surface area contributed by atoms with Crippen molar-refractivity contribution in [2.45, 2.75) is 76.0 Å². The van der Waals surface area contributed by atoms with Crippen molar-refractivity contribution in [3.8, 4) is 17.0 Å². The Kier molecular flexibility index (Phi) is 14.0. The molecule has 1 spiro atoms. The van der Waals surface area contributed by atoms with Gasteiger partial charge in [-0.25, -0.2) is 23.9 Å². The first-order valence-electron chi connectivity index (χ1n) is 25.0. The maximum atomic E-state index is 13.6. The van der Waals surface area contributed by atoms with Crippen LogP contribution in [-0.2, 0) is 14.3 Å². The van der Waals surface area contributed by atoms with E-state index in [1.54, 1.807) is 54.7 Å². The highest BCUT2D eigenvalue weighted by atomic mass is 19.1. The van der Waals surface area contributed by atoms with Crippen LogP contribution in [0.3, 0.4) is 0 Å². The first kappa shape index (κ1) is 48.4. The second-order valence-electron chi connectivity index (χ2n) is 19.9. The molecule has 0 bridgehead atoms. The molecule has 1 saturated carbocycles. The van der Waals surface area contributed by atoms with Crippen molar-refractivity contribution in [2.75, 3.05) is 75.4 Å². The number of urea groups is 1. The van der Waals surface area contributed by atoms with Crippen molar-refractivity contribution in [3.63, 3.8) is 0 Å². The summed E-state index contributed by atoms with van der Waals surface area (Å²) in [5.41, 5.74) is 9.16. The molecule has 19 heteroatoms. The third-order valence-corrected chi connectivity index (χ3v) is 15.4. The standard InChI is InChI=1S/C53H60FN11O7/c1-71-44-12-7-36(27-43(44)64-24-17-45(66)60-52(64)70)50(68)63-20-13-34(14-21-63)32-61-25-18-53(19-26-61)28-41(29-53)62-22-15-40(16-23-62)65-33-37(30-57-65)42-31-56-48(55)46(59-42)51(69)72-47(35-5-3-2-4-6-35)49(67)58-39-10-8-38(54)9-11-39/h2-12,27,30-31,33-34,40-41,47H,13-26,28-29,32H2,1H3,(H2,55,56)(H,58,67)(H,60,66,70)/t47-/m1/s1. The van der Waals surface area contributed by atoms with Crippen LogP contribution in [0.15, 0.2) is 91.4 Å². The van der Waals surface area contributed by atoms with Crippen molar-refractivity contribution in [1.29, 1.82) is 0 Å². The van der Waals surface area contributed by atoms with Gasteiger partial charge in [0.1, 0.15) is 11.6 Å². The number of nitrogens with one attached hydrogen (secondary N) is 2. The summed E-state index contributed by atoms with van der Waals surface area (Å²) in [6, 6.07) is 19.3. The van der Waals surface area contributed by atoms with Gasteiger partial charge in [-0.15, -0.1) is 0 Å². The fourth-order valence-electron chi connectivity index (χ4n) is 11.2. The van der Waals surface area contributed by atoms with E-state index in [4.69, 9.17) is 20.3 Å². The van der Waals surface area contributed by atoms with Crippen LogP contribution in [0, 0.1) is 17.2 Å². The average Bonchev–Trinajstić information content (AvgIpc) is 3.89. The molecular formula is C53H60FN11O7. The van der Waals surface area contributed by atoms with Crippen molar-refractivity contribution in [2.24, 2.45) is 11.3 Å². The Bertz CT molecular complexity index is 2800. The number of rotatable bonds is 13. The fraction of sp³-hybridized carbons (Fsp3) is 0.434. The van der Waals surface area contributed by atoms with Crippen LogP contribution in [0.2, 0.25) is 0 Å². The number of methoxy groups -OCH3 is 1. The van der Waals surface area contributed by atoms with Gasteiger partial charge in [0.15, 0.2) is 11.5 Å². The zero-order chi connectivity index (χ0) is 49.9. The number of amides is 5. The van der Waals surface area contributed by atoms with Gasteiger partial charge < -0.3 is 35.2 Å². The number of halogens is 1. The van der Waals surface area contributed by atoms with E-state index in [1.165, 1.54) is 68.2 Å². The van der Waals surface area contributed by atoms with Crippen LogP contribution in [0.5, 0.6) is 5.75 Å². The van der Waals surface area contributed by atoms with E-state index in [0.29, 0.717) is 70.0 Å². The number of imide groups is 1. The van der Waals surface area contributed by atoms with Crippen LogP contribution in [-0.4, -0.2) is 130 Å². The Morgan fingerprint density at radius 3 is 2.33 bits per heavy atom. The predicted molar refractivity (Wildman–Crippen MR) is 265 cm³/mol. The predicted octanol–water partition coefficient (Wildman–Crippen LogP) is 6.49. The van der Waals surface area contributed by atoms with Gasteiger partial charge in [0, 0.05) is 80.3 Å². The maximum Gasteiger partial charge on any atom is 0.361 e. The van der Waals surface area contributed by atoms with Crippen molar-refractivity contribution < 1.29 is 37.8 Å². The Hall–Kier alpha value is -7.25. The van der Waals surface area contributed by atoms with Gasteiger partial charge >= 0.3 is 12.0 Å². The molecule has 5 aromatic rings. The molecule has 2 aromatic heterocycles. The number of hydrogen-bond acceptors (Lipinski definition) is 13. The third-order valence-electron chi connectivity index (χ3n) is 15.4. The summed E-state index contributed by atoms with van der Waals surface area (Å²) in [6.45, 7) is 6.91. The molecule has 376 valence electrons. The lowest BCUT2D eigenvalue weighted by atomic mass is 9.59. The first-order valence-corrected chi connectivity index (χ1v) is 25.0. The van der Waals surface area contributed by atoms with Gasteiger partial charge in [-0.3, -0.25) is 29.3 Å². The summed E-state index contributed by atoms with van der Waals surface area (Å²) in [4.78, 5) is 82.5. The van der Waals surface area contributed by atoms with Gasteiger partial charge in [0.25, 0.3) is 11.8 Å². The molecule has 5 fully saturated rings. The molecular weight excluding hydrogens is 922 g/mol. The van der Waals surface area contributed by atoms with E-state index >= 15 is 0 Å². The summed E-state index contributed by atoms with van der Waals surface area (Å²) in [7, 11) is 1.52. The highest BCUT2D eigenvalue weighted by Gasteiger charge is 2.48. The number of hydrogen-bond donors (Lipinski definition) is 3. The first-order chi connectivity index (χ1) is 34.9. The monoisotopic (exact) mass is 981 g/mol. The van der Waals surface area contributed by atoms with E-state index in [0.717, 1.165) is 58.4 Å². The van der Waals surface area contributed by atoms with E-state index in [9.17, 15) is 28.4 Å². The third kappa shape index (κ3) is 10.5. The number of esters is 1. The average molecular weight is 982 g/mol. The Labute approximate surface area is 417 Å². The number of nitrogens with zero attached hydrogens (tertiary/aromatic N) is 8. The summed E-state index contributed by atoms with van der Waals surface area (Å²) in [5, 5.41) is 9.73. The number of benzene rings is 3. The fourth-order valence-corrected chi connectivity index (χ4v) is 11.2. The van der Waals surface area contributed by atoms with Crippen molar-refractivity contribution in [1.82, 2.24) is 39.8 Å². The Morgan fingerprint density at radius 1 is 0.889 bits per heavy atom. The molecule has 1 atom stereocenters. The zero-order valence-electron chi connectivity index (χ0n) is 40.4.